The predicted octanol–water partition coefficient (Wildman–Crippen LogP) is 3.77. The van der Waals surface area contributed by atoms with Gasteiger partial charge in [0.1, 0.15) is 29.9 Å². The third-order valence-electron chi connectivity index (χ3n) is 7.11. The first-order valence-electron chi connectivity index (χ1n) is 12.9. The number of piperazine rings is 1. The van der Waals surface area contributed by atoms with Gasteiger partial charge in [-0.1, -0.05) is 12.1 Å². The fourth-order valence-electron chi connectivity index (χ4n) is 5.01. The molecule has 0 unspecified atom stereocenters. The number of benzene rings is 2. The number of amides is 1. The maximum Gasteiger partial charge on any atom is 0.253 e. The molecule has 192 valence electrons. The highest BCUT2D eigenvalue weighted by atomic mass is 16.5. The highest BCUT2D eigenvalue weighted by Crippen LogP contribution is 2.33. The van der Waals surface area contributed by atoms with E-state index < -0.39 is 0 Å². The van der Waals surface area contributed by atoms with Crippen molar-refractivity contribution in [3.05, 3.63) is 66.0 Å². The second-order valence-electron chi connectivity index (χ2n) is 9.54. The van der Waals surface area contributed by atoms with Gasteiger partial charge in [-0.05, 0) is 42.0 Å². The molecule has 1 amide bonds. The van der Waals surface area contributed by atoms with Crippen molar-refractivity contribution >= 4 is 16.9 Å². The van der Waals surface area contributed by atoms with Crippen LogP contribution in [-0.4, -0.2) is 71.3 Å². The number of hydrogen-bond donors (Lipinski definition) is 2. The van der Waals surface area contributed by atoms with Gasteiger partial charge in [0, 0.05) is 61.2 Å². The highest BCUT2D eigenvalue weighted by Gasteiger charge is 2.20. The second-order valence-corrected chi connectivity index (χ2v) is 9.54. The van der Waals surface area contributed by atoms with E-state index in [1.807, 2.05) is 53.4 Å². The number of H-pyrrole nitrogens is 1. The summed E-state index contributed by atoms with van der Waals surface area (Å²) in [5.41, 5.74) is 5.23. The van der Waals surface area contributed by atoms with Crippen LogP contribution in [0.3, 0.4) is 0 Å². The standard InChI is InChI=1S/C29H28N6O3/c30-17-22-15-21(5-6-26(22)38-23-7-13-37-14-8-23)27-24-16-25(34-28(24)33-18-32-27)19-1-3-20(4-2-19)29(36)35-11-9-31-10-12-35/h1-6,15-16,18,23,31H,7-14H2,(H,32,33,34). The van der Waals surface area contributed by atoms with Crippen LogP contribution in [0.4, 0.5) is 0 Å². The maximum atomic E-state index is 12.8. The SMILES string of the molecule is N#Cc1cc(-c2ncnc3[nH]c(-c4ccc(C(=O)N5CCNCC5)cc4)cc23)ccc1OC1CCOCC1. The Hall–Kier alpha value is -4.26. The summed E-state index contributed by atoms with van der Waals surface area (Å²) in [5, 5.41) is 13.9. The Morgan fingerprint density at radius 3 is 2.55 bits per heavy atom. The lowest BCUT2D eigenvalue weighted by Crippen LogP contribution is -2.46. The highest BCUT2D eigenvalue weighted by molar-refractivity contribution is 5.96. The van der Waals surface area contributed by atoms with Crippen molar-refractivity contribution in [3.8, 4) is 34.3 Å². The molecule has 0 bridgehead atoms. The van der Waals surface area contributed by atoms with Gasteiger partial charge in [0.2, 0.25) is 0 Å². The van der Waals surface area contributed by atoms with Crippen LogP contribution in [0.2, 0.25) is 0 Å². The normalized spacial score (nSPS) is 16.3. The molecule has 38 heavy (non-hydrogen) atoms. The van der Waals surface area contributed by atoms with Crippen LogP contribution < -0.4 is 10.1 Å². The lowest BCUT2D eigenvalue weighted by Gasteiger charge is -2.27. The Morgan fingerprint density at radius 1 is 1.03 bits per heavy atom. The minimum absolute atomic E-state index is 0.0539. The third-order valence-corrected chi connectivity index (χ3v) is 7.11. The number of ether oxygens (including phenoxy) is 2. The van der Waals surface area contributed by atoms with Gasteiger partial charge in [0.05, 0.1) is 24.5 Å². The summed E-state index contributed by atoms with van der Waals surface area (Å²) in [4.78, 5) is 27.0. The maximum absolute atomic E-state index is 12.8. The Bertz CT molecular complexity index is 1500. The summed E-state index contributed by atoms with van der Waals surface area (Å²) in [7, 11) is 0. The summed E-state index contributed by atoms with van der Waals surface area (Å²) < 4.78 is 11.5. The van der Waals surface area contributed by atoms with E-state index in [2.05, 4.69) is 26.3 Å². The van der Waals surface area contributed by atoms with Gasteiger partial charge in [0.25, 0.3) is 5.91 Å². The van der Waals surface area contributed by atoms with Crippen molar-refractivity contribution in [1.82, 2.24) is 25.2 Å². The quantitative estimate of drug-likeness (QED) is 0.422. The fraction of sp³-hybridized carbons (Fsp3) is 0.310. The lowest BCUT2D eigenvalue weighted by molar-refractivity contribution is 0.0254. The molecule has 0 radical (unpaired) electrons. The number of rotatable bonds is 5. The predicted molar refractivity (Wildman–Crippen MR) is 143 cm³/mol. The summed E-state index contributed by atoms with van der Waals surface area (Å²) in [6.07, 6.45) is 3.20. The molecule has 0 spiro atoms. The van der Waals surface area contributed by atoms with Crippen LogP contribution >= 0.6 is 0 Å². The van der Waals surface area contributed by atoms with Gasteiger partial charge >= 0.3 is 0 Å². The average molecular weight is 509 g/mol. The fourth-order valence-corrected chi connectivity index (χ4v) is 5.01. The largest absolute Gasteiger partial charge is 0.489 e. The van der Waals surface area contributed by atoms with Crippen molar-refractivity contribution < 1.29 is 14.3 Å². The molecule has 2 fully saturated rings. The van der Waals surface area contributed by atoms with E-state index in [0.717, 1.165) is 66.9 Å². The van der Waals surface area contributed by atoms with Crippen LogP contribution in [0, 0.1) is 11.3 Å². The summed E-state index contributed by atoms with van der Waals surface area (Å²) in [6, 6.07) is 17.5. The van der Waals surface area contributed by atoms with Gasteiger partial charge in [-0.2, -0.15) is 5.26 Å². The van der Waals surface area contributed by atoms with Gasteiger partial charge in [0.15, 0.2) is 0 Å². The van der Waals surface area contributed by atoms with Crippen molar-refractivity contribution in [1.29, 1.82) is 5.26 Å². The van der Waals surface area contributed by atoms with Crippen LogP contribution in [0.25, 0.3) is 33.5 Å². The summed E-state index contributed by atoms with van der Waals surface area (Å²) in [6.45, 7) is 4.44. The second kappa shape index (κ2) is 10.6. The number of carbonyl (C=O) groups is 1. The molecule has 0 atom stereocenters. The Balaban J connectivity index is 1.27. The van der Waals surface area contributed by atoms with Crippen molar-refractivity contribution in [2.75, 3.05) is 39.4 Å². The number of fused-ring (bicyclic) bond motifs is 1. The van der Waals surface area contributed by atoms with Crippen LogP contribution in [-0.2, 0) is 4.74 Å². The minimum Gasteiger partial charge on any atom is -0.489 e. The zero-order valence-corrected chi connectivity index (χ0v) is 20.9. The van der Waals surface area contributed by atoms with E-state index in [4.69, 9.17) is 9.47 Å². The molecule has 4 aromatic rings. The molecule has 9 heteroatoms. The molecule has 0 saturated carbocycles. The molecule has 2 aliphatic rings. The molecule has 4 heterocycles. The Labute approximate surface area is 220 Å². The smallest absolute Gasteiger partial charge is 0.253 e. The molecule has 2 aromatic carbocycles. The van der Waals surface area contributed by atoms with Crippen molar-refractivity contribution in [3.63, 3.8) is 0 Å². The number of nitrogens with zero attached hydrogens (tertiary/aromatic N) is 4. The first kappa shape index (κ1) is 24.1. The number of aromatic nitrogens is 3. The number of carbonyl (C=O) groups excluding carboxylic acids is 1. The number of nitriles is 1. The van der Waals surface area contributed by atoms with E-state index in [-0.39, 0.29) is 12.0 Å². The van der Waals surface area contributed by atoms with Crippen molar-refractivity contribution in [2.24, 2.45) is 0 Å². The van der Waals surface area contributed by atoms with E-state index in [0.29, 0.717) is 35.7 Å². The zero-order chi connectivity index (χ0) is 25.9. The average Bonchev–Trinajstić information content (AvgIpc) is 3.43. The molecular weight excluding hydrogens is 480 g/mol. The van der Waals surface area contributed by atoms with E-state index in [1.165, 1.54) is 6.33 Å². The molecule has 6 rings (SSSR count). The topological polar surface area (TPSA) is 116 Å². The molecule has 2 aliphatic heterocycles. The van der Waals surface area contributed by atoms with Gasteiger partial charge < -0.3 is 24.7 Å². The molecule has 2 saturated heterocycles. The van der Waals surface area contributed by atoms with Crippen LogP contribution in [0.15, 0.2) is 54.9 Å². The van der Waals surface area contributed by atoms with Gasteiger partial charge in [-0.15, -0.1) is 0 Å². The number of nitrogens with one attached hydrogen (secondary N) is 2. The third kappa shape index (κ3) is 4.84. The first-order valence-corrected chi connectivity index (χ1v) is 12.9. The first-order chi connectivity index (χ1) is 18.7. The molecule has 9 nitrogen and oxygen atoms in total. The molecule has 0 aliphatic carbocycles. The molecule has 2 aromatic heterocycles. The number of aromatic amines is 1. The summed E-state index contributed by atoms with van der Waals surface area (Å²) >= 11 is 0. The summed E-state index contributed by atoms with van der Waals surface area (Å²) in [5.74, 6) is 0.638. The van der Waals surface area contributed by atoms with Gasteiger partial charge in [-0.25, -0.2) is 9.97 Å². The molecular formula is C29H28N6O3. The van der Waals surface area contributed by atoms with Crippen molar-refractivity contribution in [2.45, 2.75) is 18.9 Å². The Morgan fingerprint density at radius 2 is 1.79 bits per heavy atom. The molecule has 2 N–H and O–H groups in total. The Kier molecular flexibility index (Phi) is 6.73. The number of hydrogen-bond acceptors (Lipinski definition) is 7. The van der Waals surface area contributed by atoms with E-state index >= 15 is 0 Å². The van der Waals surface area contributed by atoms with Gasteiger partial charge in [-0.3, -0.25) is 4.79 Å². The van der Waals surface area contributed by atoms with E-state index in [1.54, 1.807) is 0 Å². The van der Waals surface area contributed by atoms with E-state index in [9.17, 15) is 10.1 Å². The zero-order valence-electron chi connectivity index (χ0n) is 20.9. The van der Waals surface area contributed by atoms with Crippen LogP contribution in [0.1, 0.15) is 28.8 Å². The lowest BCUT2D eigenvalue weighted by atomic mass is 10.0. The minimum atomic E-state index is 0.0539. The monoisotopic (exact) mass is 508 g/mol. The van der Waals surface area contributed by atoms with Crippen LogP contribution in [0.5, 0.6) is 5.75 Å².